The van der Waals surface area contributed by atoms with E-state index in [0.717, 1.165) is 19.4 Å². The van der Waals surface area contributed by atoms with Crippen LogP contribution in [0.1, 0.15) is 40.5 Å². The first-order chi connectivity index (χ1) is 7.37. The topological polar surface area (TPSA) is 47.6 Å². The first-order valence-corrected chi connectivity index (χ1v) is 5.92. The van der Waals surface area contributed by atoms with E-state index in [1.54, 1.807) is 0 Å². The molecule has 0 radical (unpaired) electrons. The summed E-state index contributed by atoms with van der Waals surface area (Å²) in [7, 11) is 0. The van der Waals surface area contributed by atoms with Crippen LogP contribution in [0, 0.1) is 0 Å². The standard InChI is InChI=1S/C12H23NO3/c1-9-7-10(5-6-15-9)13-11(14)8-16-12(2,3)4/h9-10H,5-8H2,1-4H3,(H,13,14). The van der Waals surface area contributed by atoms with Crippen LogP contribution in [-0.2, 0) is 14.3 Å². The maximum absolute atomic E-state index is 11.6. The van der Waals surface area contributed by atoms with Crippen LogP contribution in [0.3, 0.4) is 0 Å². The van der Waals surface area contributed by atoms with Crippen LogP contribution >= 0.6 is 0 Å². The molecule has 0 aromatic heterocycles. The highest BCUT2D eigenvalue weighted by Crippen LogP contribution is 2.13. The third-order valence-electron chi connectivity index (χ3n) is 2.49. The minimum absolute atomic E-state index is 0.0333. The molecule has 1 aliphatic heterocycles. The number of carbonyl (C=O) groups excluding carboxylic acids is 1. The second-order valence-electron chi connectivity index (χ2n) is 5.37. The molecule has 1 saturated heterocycles. The van der Waals surface area contributed by atoms with Gasteiger partial charge in [0.1, 0.15) is 6.61 Å². The van der Waals surface area contributed by atoms with Crippen molar-refractivity contribution in [2.24, 2.45) is 0 Å². The number of hydrogen-bond acceptors (Lipinski definition) is 3. The van der Waals surface area contributed by atoms with Crippen molar-refractivity contribution in [1.29, 1.82) is 0 Å². The monoisotopic (exact) mass is 229 g/mol. The van der Waals surface area contributed by atoms with E-state index < -0.39 is 0 Å². The average molecular weight is 229 g/mol. The smallest absolute Gasteiger partial charge is 0.246 e. The zero-order chi connectivity index (χ0) is 12.2. The summed E-state index contributed by atoms with van der Waals surface area (Å²) in [5, 5.41) is 2.98. The third kappa shape index (κ3) is 5.47. The van der Waals surface area contributed by atoms with Gasteiger partial charge in [0.15, 0.2) is 0 Å². The molecule has 94 valence electrons. The normalized spacial score (nSPS) is 26.5. The Morgan fingerprint density at radius 3 is 2.75 bits per heavy atom. The van der Waals surface area contributed by atoms with E-state index in [0.29, 0.717) is 0 Å². The number of hydrogen-bond donors (Lipinski definition) is 1. The van der Waals surface area contributed by atoms with E-state index in [-0.39, 0.29) is 30.3 Å². The fourth-order valence-electron chi connectivity index (χ4n) is 1.68. The Balaban J connectivity index is 2.23. The Bertz CT molecular complexity index is 235. The van der Waals surface area contributed by atoms with Crippen molar-refractivity contribution in [2.75, 3.05) is 13.2 Å². The summed E-state index contributed by atoms with van der Waals surface area (Å²) in [4.78, 5) is 11.6. The van der Waals surface area contributed by atoms with Gasteiger partial charge in [-0.25, -0.2) is 0 Å². The van der Waals surface area contributed by atoms with Crippen LogP contribution in [0.4, 0.5) is 0 Å². The molecule has 0 bridgehead atoms. The molecular formula is C12H23NO3. The molecule has 4 nitrogen and oxygen atoms in total. The lowest BCUT2D eigenvalue weighted by Gasteiger charge is -2.28. The van der Waals surface area contributed by atoms with E-state index in [1.165, 1.54) is 0 Å². The van der Waals surface area contributed by atoms with Gasteiger partial charge in [-0.3, -0.25) is 4.79 Å². The predicted octanol–water partition coefficient (Wildman–Crippen LogP) is 1.49. The van der Waals surface area contributed by atoms with E-state index in [2.05, 4.69) is 5.32 Å². The summed E-state index contributed by atoms with van der Waals surface area (Å²) in [5.74, 6) is -0.0333. The van der Waals surface area contributed by atoms with Crippen LogP contribution in [0.2, 0.25) is 0 Å². The average Bonchev–Trinajstić information content (AvgIpc) is 2.14. The summed E-state index contributed by atoms with van der Waals surface area (Å²) in [6.07, 6.45) is 2.02. The van der Waals surface area contributed by atoms with Crippen LogP contribution in [0.25, 0.3) is 0 Å². The lowest BCUT2D eigenvalue weighted by atomic mass is 10.0. The molecule has 1 aliphatic rings. The maximum atomic E-state index is 11.6. The summed E-state index contributed by atoms with van der Waals surface area (Å²) < 4.78 is 10.8. The second kappa shape index (κ2) is 5.64. The molecule has 4 heteroatoms. The summed E-state index contributed by atoms with van der Waals surface area (Å²) in [6, 6.07) is 0.236. The van der Waals surface area contributed by atoms with Gasteiger partial charge in [-0.1, -0.05) is 0 Å². The largest absolute Gasteiger partial charge is 0.378 e. The Hall–Kier alpha value is -0.610. The van der Waals surface area contributed by atoms with Crippen molar-refractivity contribution in [3.8, 4) is 0 Å². The van der Waals surface area contributed by atoms with E-state index in [4.69, 9.17) is 9.47 Å². The molecule has 0 spiro atoms. The van der Waals surface area contributed by atoms with Gasteiger partial charge >= 0.3 is 0 Å². The van der Waals surface area contributed by atoms with E-state index in [9.17, 15) is 4.79 Å². The molecule has 1 heterocycles. The van der Waals surface area contributed by atoms with Crippen LogP contribution < -0.4 is 5.32 Å². The minimum atomic E-state index is -0.264. The Morgan fingerprint density at radius 1 is 1.50 bits per heavy atom. The summed E-state index contributed by atoms with van der Waals surface area (Å²) >= 11 is 0. The molecule has 1 fully saturated rings. The second-order valence-corrected chi connectivity index (χ2v) is 5.37. The fraction of sp³-hybridized carbons (Fsp3) is 0.917. The van der Waals surface area contributed by atoms with Crippen molar-refractivity contribution < 1.29 is 14.3 Å². The fourth-order valence-corrected chi connectivity index (χ4v) is 1.68. The zero-order valence-corrected chi connectivity index (χ0v) is 10.7. The van der Waals surface area contributed by atoms with Gasteiger partial charge in [0, 0.05) is 12.6 Å². The van der Waals surface area contributed by atoms with Crippen molar-refractivity contribution >= 4 is 5.91 Å². The van der Waals surface area contributed by atoms with Crippen LogP contribution in [0.15, 0.2) is 0 Å². The van der Waals surface area contributed by atoms with Crippen molar-refractivity contribution in [3.63, 3.8) is 0 Å². The Morgan fingerprint density at radius 2 is 2.19 bits per heavy atom. The number of amides is 1. The van der Waals surface area contributed by atoms with Gasteiger partial charge in [0.05, 0.1) is 11.7 Å². The molecular weight excluding hydrogens is 206 g/mol. The molecule has 0 aromatic carbocycles. The SMILES string of the molecule is CC1CC(NC(=O)COC(C)(C)C)CCO1. The maximum Gasteiger partial charge on any atom is 0.246 e. The molecule has 0 aromatic rings. The molecule has 16 heavy (non-hydrogen) atoms. The zero-order valence-electron chi connectivity index (χ0n) is 10.7. The predicted molar refractivity (Wildman–Crippen MR) is 62.3 cm³/mol. The lowest BCUT2D eigenvalue weighted by molar-refractivity contribution is -0.132. The van der Waals surface area contributed by atoms with Crippen molar-refractivity contribution in [1.82, 2.24) is 5.32 Å². The molecule has 1 amide bonds. The van der Waals surface area contributed by atoms with Gasteiger partial charge in [-0.15, -0.1) is 0 Å². The first-order valence-electron chi connectivity index (χ1n) is 5.92. The van der Waals surface area contributed by atoms with Crippen molar-refractivity contribution in [3.05, 3.63) is 0 Å². The molecule has 1 N–H and O–H groups in total. The lowest BCUT2D eigenvalue weighted by Crippen LogP contribution is -2.43. The molecule has 0 aliphatic carbocycles. The highest BCUT2D eigenvalue weighted by molar-refractivity contribution is 5.77. The Kier molecular flexibility index (Phi) is 4.74. The summed E-state index contributed by atoms with van der Waals surface area (Å²) in [6.45, 7) is 8.72. The van der Waals surface area contributed by atoms with Gasteiger partial charge in [0.2, 0.25) is 5.91 Å². The Labute approximate surface area is 97.7 Å². The quantitative estimate of drug-likeness (QED) is 0.797. The molecule has 2 atom stereocenters. The number of nitrogens with one attached hydrogen (secondary N) is 1. The molecule has 2 unspecified atom stereocenters. The summed E-state index contributed by atoms with van der Waals surface area (Å²) in [5.41, 5.74) is -0.264. The molecule has 0 saturated carbocycles. The van der Waals surface area contributed by atoms with Gasteiger partial charge in [0.25, 0.3) is 0 Å². The highest BCUT2D eigenvalue weighted by Gasteiger charge is 2.21. The number of ether oxygens (including phenoxy) is 2. The third-order valence-corrected chi connectivity index (χ3v) is 2.49. The number of rotatable bonds is 3. The van der Waals surface area contributed by atoms with Gasteiger partial charge in [-0.05, 0) is 40.5 Å². The van der Waals surface area contributed by atoms with Gasteiger partial charge in [-0.2, -0.15) is 0 Å². The van der Waals surface area contributed by atoms with Crippen LogP contribution in [-0.4, -0.2) is 36.9 Å². The first kappa shape index (κ1) is 13.5. The van der Waals surface area contributed by atoms with Gasteiger partial charge < -0.3 is 14.8 Å². The number of carbonyl (C=O) groups is 1. The minimum Gasteiger partial charge on any atom is -0.378 e. The highest BCUT2D eigenvalue weighted by atomic mass is 16.5. The van der Waals surface area contributed by atoms with E-state index >= 15 is 0 Å². The van der Waals surface area contributed by atoms with E-state index in [1.807, 2.05) is 27.7 Å². The molecule has 1 rings (SSSR count). The van der Waals surface area contributed by atoms with Crippen molar-refractivity contribution in [2.45, 2.75) is 58.3 Å². The van der Waals surface area contributed by atoms with Crippen LogP contribution in [0.5, 0.6) is 0 Å².